The van der Waals surface area contributed by atoms with Gasteiger partial charge in [-0.25, -0.2) is 9.78 Å². The van der Waals surface area contributed by atoms with E-state index in [-0.39, 0.29) is 0 Å². The van der Waals surface area contributed by atoms with E-state index >= 15 is 0 Å². The van der Waals surface area contributed by atoms with Gasteiger partial charge in [0.05, 0.1) is 12.0 Å². The molecule has 102 valence electrons. The summed E-state index contributed by atoms with van der Waals surface area (Å²) in [5.74, 6) is 1.27. The Morgan fingerprint density at radius 3 is 2.68 bits per heavy atom. The largest absolute Gasteiger partial charge is 0.462 e. The van der Waals surface area contributed by atoms with Crippen LogP contribution in [0.5, 0.6) is 0 Å². The zero-order valence-electron chi connectivity index (χ0n) is 11.5. The van der Waals surface area contributed by atoms with Gasteiger partial charge in [-0.1, -0.05) is 0 Å². The van der Waals surface area contributed by atoms with E-state index in [0.717, 1.165) is 0 Å². The average Bonchev–Trinajstić information content (AvgIpc) is 2.65. The number of carbonyl (C=O) groups excluding carboxylic acids is 1. The molecule has 0 aromatic carbocycles. The fourth-order valence-electron chi connectivity index (χ4n) is 1.96. The minimum Gasteiger partial charge on any atom is -0.462 e. The second-order valence-electron chi connectivity index (χ2n) is 4.08. The standard InChI is InChI=1S/C13H17N3O3/c1-5-14-11-10-9(13(17)18-6-2)7(3)19-12(10)16-8(4)15-11/h5-6H2,1-4H3,(H,14,15,16). The van der Waals surface area contributed by atoms with E-state index in [1.165, 1.54) is 0 Å². The topological polar surface area (TPSA) is 77.3 Å². The van der Waals surface area contributed by atoms with Gasteiger partial charge in [0.1, 0.15) is 23.0 Å². The zero-order chi connectivity index (χ0) is 14.0. The minimum absolute atomic E-state index is 0.314. The maximum absolute atomic E-state index is 12.0. The maximum Gasteiger partial charge on any atom is 0.342 e. The van der Waals surface area contributed by atoms with Crippen LogP contribution in [0.2, 0.25) is 0 Å². The summed E-state index contributed by atoms with van der Waals surface area (Å²) in [7, 11) is 0. The molecular formula is C13H17N3O3. The SMILES string of the molecule is CCNc1nc(C)nc2oc(C)c(C(=O)OCC)c12. The van der Waals surface area contributed by atoms with Gasteiger partial charge < -0.3 is 14.5 Å². The Balaban J connectivity index is 2.69. The first kappa shape index (κ1) is 13.3. The van der Waals surface area contributed by atoms with Gasteiger partial charge in [0, 0.05) is 6.54 Å². The molecule has 0 saturated heterocycles. The Morgan fingerprint density at radius 1 is 1.32 bits per heavy atom. The molecule has 0 aliphatic rings. The van der Waals surface area contributed by atoms with Crippen LogP contribution >= 0.6 is 0 Å². The molecule has 2 rings (SSSR count). The summed E-state index contributed by atoms with van der Waals surface area (Å²) < 4.78 is 10.6. The van der Waals surface area contributed by atoms with E-state index in [2.05, 4.69) is 15.3 Å². The molecule has 0 atom stereocenters. The summed E-state index contributed by atoms with van der Waals surface area (Å²) >= 11 is 0. The number of fused-ring (bicyclic) bond motifs is 1. The van der Waals surface area contributed by atoms with E-state index in [4.69, 9.17) is 9.15 Å². The highest BCUT2D eigenvalue weighted by Crippen LogP contribution is 2.30. The number of nitrogens with one attached hydrogen (secondary N) is 1. The number of anilines is 1. The lowest BCUT2D eigenvalue weighted by Crippen LogP contribution is -2.08. The number of esters is 1. The molecular weight excluding hydrogens is 246 g/mol. The van der Waals surface area contributed by atoms with Gasteiger partial charge in [0.15, 0.2) is 0 Å². The van der Waals surface area contributed by atoms with Crippen molar-refractivity contribution < 1.29 is 13.9 Å². The highest BCUT2D eigenvalue weighted by Gasteiger charge is 2.24. The van der Waals surface area contributed by atoms with Gasteiger partial charge in [0.2, 0.25) is 5.71 Å². The molecule has 0 spiro atoms. The van der Waals surface area contributed by atoms with Crippen molar-refractivity contribution in [2.75, 3.05) is 18.5 Å². The van der Waals surface area contributed by atoms with Crippen molar-refractivity contribution >= 4 is 22.9 Å². The fraction of sp³-hybridized carbons (Fsp3) is 0.462. The number of hydrogen-bond acceptors (Lipinski definition) is 6. The molecule has 6 heteroatoms. The molecule has 0 amide bonds. The number of ether oxygens (including phenoxy) is 1. The van der Waals surface area contributed by atoms with Gasteiger partial charge in [0.25, 0.3) is 0 Å². The van der Waals surface area contributed by atoms with Crippen molar-refractivity contribution in [3.8, 4) is 0 Å². The van der Waals surface area contributed by atoms with E-state index in [0.29, 0.717) is 47.2 Å². The van der Waals surface area contributed by atoms with E-state index in [1.54, 1.807) is 20.8 Å². The Bertz CT molecular complexity index is 619. The molecule has 0 saturated carbocycles. The van der Waals surface area contributed by atoms with Crippen LogP contribution in [0.4, 0.5) is 5.82 Å². The summed E-state index contributed by atoms with van der Waals surface area (Å²) in [6.07, 6.45) is 0. The molecule has 0 bridgehead atoms. The van der Waals surface area contributed by atoms with Crippen LogP contribution in [0.25, 0.3) is 11.1 Å². The molecule has 2 aromatic rings. The summed E-state index contributed by atoms with van der Waals surface area (Å²) in [5.41, 5.74) is 0.803. The number of carbonyl (C=O) groups is 1. The first-order valence-electron chi connectivity index (χ1n) is 6.27. The smallest absolute Gasteiger partial charge is 0.342 e. The van der Waals surface area contributed by atoms with Crippen LogP contribution in [-0.4, -0.2) is 29.1 Å². The zero-order valence-corrected chi connectivity index (χ0v) is 11.5. The number of nitrogens with zero attached hydrogens (tertiary/aromatic N) is 2. The number of hydrogen-bond donors (Lipinski definition) is 1. The van der Waals surface area contributed by atoms with Crippen molar-refractivity contribution in [2.24, 2.45) is 0 Å². The van der Waals surface area contributed by atoms with Crippen molar-refractivity contribution in [3.63, 3.8) is 0 Å². The molecule has 0 unspecified atom stereocenters. The first-order chi connectivity index (χ1) is 9.08. The Kier molecular flexibility index (Phi) is 3.69. The average molecular weight is 263 g/mol. The predicted molar refractivity (Wildman–Crippen MR) is 71.4 cm³/mol. The first-order valence-corrected chi connectivity index (χ1v) is 6.27. The van der Waals surface area contributed by atoms with Gasteiger partial charge in [-0.15, -0.1) is 0 Å². The molecule has 2 aromatic heterocycles. The van der Waals surface area contributed by atoms with Crippen LogP contribution in [0, 0.1) is 13.8 Å². The molecule has 0 fully saturated rings. The number of rotatable bonds is 4. The molecule has 6 nitrogen and oxygen atoms in total. The summed E-state index contributed by atoms with van der Waals surface area (Å²) in [4.78, 5) is 20.6. The molecule has 1 N–H and O–H groups in total. The third-order valence-electron chi connectivity index (χ3n) is 2.66. The number of aromatic nitrogens is 2. The van der Waals surface area contributed by atoms with Crippen molar-refractivity contribution in [3.05, 3.63) is 17.1 Å². The van der Waals surface area contributed by atoms with Crippen molar-refractivity contribution in [2.45, 2.75) is 27.7 Å². The molecule has 0 aliphatic heterocycles. The predicted octanol–water partition coefficient (Wildman–Crippen LogP) is 2.45. The third kappa shape index (κ3) is 2.38. The lowest BCUT2D eigenvalue weighted by atomic mass is 10.2. The molecule has 2 heterocycles. The number of furan rings is 1. The normalized spacial score (nSPS) is 10.7. The van der Waals surface area contributed by atoms with Crippen LogP contribution in [0.15, 0.2) is 4.42 Å². The number of aryl methyl sites for hydroxylation is 2. The summed E-state index contributed by atoms with van der Waals surface area (Å²) in [6, 6.07) is 0. The highest BCUT2D eigenvalue weighted by molar-refractivity contribution is 6.07. The van der Waals surface area contributed by atoms with Crippen LogP contribution < -0.4 is 5.32 Å². The Labute approximate surface area is 111 Å². The third-order valence-corrected chi connectivity index (χ3v) is 2.66. The lowest BCUT2D eigenvalue weighted by molar-refractivity contribution is 0.0526. The molecule has 0 aliphatic carbocycles. The quantitative estimate of drug-likeness (QED) is 0.854. The van der Waals surface area contributed by atoms with E-state index < -0.39 is 5.97 Å². The summed E-state index contributed by atoms with van der Waals surface area (Å²) in [5, 5.41) is 3.71. The van der Waals surface area contributed by atoms with Gasteiger partial charge in [-0.2, -0.15) is 4.98 Å². The maximum atomic E-state index is 12.0. The molecule has 19 heavy (non-hydrogen) atoms. The van der Waals surface area contributed by atoms with Gasteiger partial charge >= 0.3 is 5.97 Å². The Morgan fingerprint density at radius 2 is 2.05 bits per heavy atom. The fourth-order valence-corrected chi connectivity index (χ4v) is 1.96. The Hall–Kier alpha value is -2.11. The van der Waals surface area contributed by atoms with Crippen molar-refractivity contribution in [1.29, 1.82) is 0 Å². The van der Waals surface area contributed by atoms with Crippen LogP contribution in [0.3, 0.4) is 0 Å². The minimum atomic E-state index is -0.412. The summed E-state index contributed by atoms with van der Waals surface area (Å²) in [6.45, 7) is 8.23. The van der Waals surface area contributed by atoms with Gasteiger partial charge in [-0.05, 0) is 27.7 Å². The highest BCUT2D eigenvalue weighted by atomic mass is 16.5. The van der Waals surface area contributed by atoms with E-state index in [1.807, 2.05) is 6.92 Å². The van der Waals surface area contributed by atoms with Gasteiger partial charge in [-0.3, -0.25) is 0 Å². The monoisotopic (exact) mass is 263 g/mol. The second kappa shape index (κ2) is 5.26. The van der Waals surface area contributed by atoms with Crippen molar-refractivity contribution in [1.82, 2.24) is 9.97 Å². The molecule has 0 radical (unpaired) electrons. The van der Waals surface area contributed by atoms with Crippen LogP contribution in [-0.2, 0) is 4.74 Å². The lowest BCUT2D eigenvalue weighted by Gasteiger charge is -2.06. The second-order valence-corrected chi connectivity index (χ2v) is 4.08. The van der Waals surface area contributed by atoms with E-state index in [9.17, 15) is 4.79 Å². The van der Waals surface area contributed by atoms with Crippen LogP contribution in [0.1, 0.15) is 35.8 Å².